The summed E-state index contributed by atoms with van der Waals surface area (Å²) in [7, 11) is 1.44. The van der Waals surface area contributed by atoms with Gasteiger partial charge in [-0.15, -0.1) is 0 Å². The number of carboxylic acids is 1. The molecule has 2 aliphatic rings. The molecule has 8 nitrogen and oxygen atoms in total. The molecule has 0 aromatic heterocycles. The number of carbonyl (C=O) groups excluding carboxylic acids is 2. The van der Waals surface area contributed by atoms with Gasteiger partial charge in [0, 0.05) is 32.5 Å². The molecule has 1 aliphatic heterocycles. The molecular weight excluding hydrogens is 448 g/mol. The van der Waals surface area contributed by atoms with E-state index >= 15 is 0 Å². The molecule has 186 valence electrons. The molecule has 1 atom stereocenters. The van der Waals surface area contributed by atoms with Crippen LogP contribution in [-0.2, 0) is 19.1 Å². The van der Waals surface area contributed by atoms with Crippen molar-refractivity contribution in [3.8, 4) is 11.1 Å². The quantitative estimate of drug-likeness (QED) is 0.529. The number of carbonyl (C=O) groups is 3. The molecule has 8 heteroatoms. The lowest BCUT2D eigenvalue weighted by Crippen LogP contribution is -2.62. The molecule has 4 rings (SSSR count). The highest BCUT2D eigenvalue weighted by molar-refractivity contribution is 5.87. The fraction of sp³-hybridized carbons (Fsp3) is 0.444. The average molecular weight is 481 g/mol. The lowest BCUT2D eigenvalue weighted by atomic mass is 9.86. The van der Waals surface area contributed by atoms with Crippen molar-refractivity contribution in [2.75, 3.05) is 33.4 Å². The zero-order chi connectivity index (χ0) is 24.8. The number of ether oxygens (including phenoxy) is 2. The number of nitrogens with zero attached hydrogens (tertiary/aromatic N) is 1. The molecule has 2 aromatic rings. The summed E-state index contributed by atoms with van der Waals surface area (Å²) in [5.74, 6) is -1.29. The summed E-state index contributed by atoms with van der Waals surface area (Å²) in [6.45, 7) is 0.853. The number of fused-ring (bicyclic) bond motifs is 3. The molecular formula is C27H32N2O6. The Morgan fingerprint density at radius 3 is 2.34 bits per heavy atom. The van der Waals surface area contributed by atoms with Crippen LogP contribution in [-0.4, -0.2) is 66.9 Å². The first-order chi connectivity index (χ1) is 17.0. The fourth-order valence-electron chi connectivity index (χ4n) is 5.29. The zero-order valence-electron chi connectivity index (χ0n) is 20.0. The Balaban J connectivity index is 1.26. The molecule has 35 heavy (non-hydrogen) atoms. The van der Waals surface area contributed by atoms with Gasteiger partial charge in [-0.05, 0) is 47.9 Å². The monoisotopic (exact) mass is 480 g/mol. The second kappa shape index (κ2) is 10.9. The summed E-state index contributed by atoms with van der Waals surface area (Å²) in [4.78, 5) is 38.6. The minimum Gasteiger partial charge on any atom is -0.479 e. The molecule has 1 fully saturated rings. The number of piperidine rings is 1. The first kappa shape index (κ1) is 24.7. The molecule has 1 heterocycles. The van der Waals surface area contributed by atoms with Crippen LogP contribution in [0.5, 0.6) is 0 Å². The van der Waals surface area contributed by atoms with Gasteiger partial charge in [0.05, 0.1) is 6.61 Å². The predicted octanol–water partition coefficient (Wildman–Crippen LogP) is 3.79. The average Bonchev–Trinajstić information content (AvgIpc) is 3.19. The maximum atomic E-state index is 12.8. The molecule has 1 aliphatic carbocycles. The predicted molar refractivity (Wildman–Crippen MR) is 130 cm³/mol. The summed E-state index contributed by atoms with van der Waals surface area (Å²) in [5.41, 5.74) is 3.31. The lowest BCUT2D eigenvalue weighted by Gasteiger charge is -2.43. The van der Waals surface area contributed by atoms with E-state index in [0.29, 0.717) is 19.4 Å². The summed E-state index contributed by atoms with van der Waals surface area (Å²) in [6.07, 6.45) is 1.88. The van der Waals surface area contributed by atoms with Crippen LogP contribution in [0.2, 0.25) is 0 Å². The van der Waals surface area contributed by atoms with E-state index in [0.717, 1.165) is 24.0 Å². The Labute approximate surface area is 205 Å². The van der Waals surface area contributed by atoms with E-state index in [-0.39, 0.29) is 38.0 Å². The molecule has 0 saturated carbocycles. The first-order valence-corrected chi connectivity index (χ1v) is 12.1. The minimum atomic E-state index is -1.32. The number of amides is 2. The van der Waals surface area contributed by atoms with Crippen molar-refractivity contribution < 1.29 is 29.0 Å². The molecule has 2 N–H and O–H groups in total. The lowest BCUT2D eigenvalue weighted by molar-refractivity contribution is -0.167. The van der Waals surface area contributed by atoms with E-state index < -0.39 is 17.6 Å². The number of methoxy groups -OCH3 is 1. The van der Waals surface area contributed by atoms with Crippen molar-refractivity contribution in [1.29, 1.82) is 0 Å². The van der Waals surface area contributed by atoms with Gasteiger partial charge in [-0.1, -0.05) is 48.5 Å². The number of hydrogen-bond acceptors (Lipinski definition) is 5. The number of rotatable bonds is 9. The topological polar surface area (TPSA) is 105 Å². The Morgan fingerprint density at radius 2 is 1.71 bits per heavy atom. The number of alkyl carbamates (subject to hydrolysis) is 1. The van der Waals surface area contributed by atoms with Crippen LogP contribution >= 0.6 is 0 Å². The second-order valence-corrected chi connectivity index (χ2v) is 9.13. The van der Waals surface area contributed by atoms with E-state index in [1.54, 1.807) is 0 Å². The number of aliphatic carboxylic acids is 1. The summed E-state index contributed by atoms with van der Waals surface area (Å²) in [5, 5.41) is 12.5. The van der Waals surface area contributed by atoms with Crippen molar-refractivity contribution in [3.05, 3.63) is 59.7 Å². The van der Waals surface area contributed by atoms with Crippen LogP contribution in [0.3, 0.4) is 0 Å². The maximum absolute atomic E-state index is 12.8. The standard InChI is InChI=1S/C27H32N2O6/c1-34-18-27(25(31)32)14-6-7-16-29(27)24(30)13-8-15-28-26(33)35-17-23-21-11-4-2-9-19(21)20-10-3-5-12-22(20)23/h2-5,9-12,23H,6-8,13-18H2,1H3,(H,28,33)(H,31,32). The molecule has 2 aromatic carbocycles. The van der Waals surface area contributed by atoms with Crippen LogP contribution in [0.15, 0.2) is 48.5 Å². The molecule has 1 unspecified atom stereocenters. The van der Waals surface area contributed by atoms with E-state index in [1.165, 1.54) is 23.1 Å². The minimum absolute atomic E-state index is 0.0150. The van der Waals surface area contributed by atoms with Gasteiger partial charge in [-0.3, -0.25) is 4.79 Å². The summed E-state index contributed by atoms with van der Waals surface area (Å²) in [6, 6.07) is 16.3. The van der Waals surface area contributed by atoms with Crippen molar-refractivity contribution >= 4 is 18.0 Å². The summed E-state index contributed by atoms with van der Waals surface area (Å²) >= 11 is 0. The molecule has 1 saturated heterocycles. The van der Waals surface area contributed by atoms with E-state index in [9.17, 15) is 19.5 Å². The Kier molecular flexibility index (Phi) is 7.70. The Morgan fingerprint density at radius 1 is 1.06 bits per heavy atom. The van der Waals surface area contributed by atoms with E-state index in [2.05, 4.69) is 29.6 Å². The normalized spacial score (nSPS) is 19.1. The van der Waals surface area contributed by atoms with Gasteiger partial charge in [0.1, 0.15) is 6.61 Å². The van der Waals surface area contributed by atoms with Crippen molar-refractivity contribution in [2.45, 2.75) is 43.6 Å². The highest BCUT2D eigenvalue weighted by Gasteiger charge is 2.48. The summed E-state index contributed by atoms with van der Waals surface area (Å²) < 4.78 is 10.7. The SMILES string of the molecule is COCC1(C(=O)O)CCCCN1C(=O)CCCNC(=O)OCC1c2ccccc2-c2ccccc21. The third-order valence-electron chi connectivity index (χ3n) is 7.00. The van der Waals surface area contributed by atoms with E-state index in [1.807, 2.05) is 24.3 Å². The molecule has 2 amide bonds. The van der Waals surface area contributed by atoms with Crippen LogP contribution < -0.4 is 5.32 Å². The van der Waals surface area contributed by atoms with Crippen molar-refractivity contribution in [2.24, 2.45) is 0 Å². The number of hydrogen-bond donors (Lipinski definition) is 2. The largest absolute Gasteiger partial charge is 0.479 e. The van der Waals surface area contributed by atoms with Crippen LogP contribution in [0.25, 0.3) is 11.1 Å². The molecule has 0 radical (unpaired) electrons. The third-order valence-corrected chi connectivity index (χ3v) is 7.00. The zero-order valence-corrected chi connectivity index (χ0v) is 20.0. The smallest absolute Gasteiger partial charge is 0.407 e. The first-order valence-electron chi connectivity index (χ1n) is 12.1. The second-order valence-electron chi connectivity index (χ2n) is 9.13. The van der Waals surface area contributed by atoms with Gasteiger partial charge >= 0.3 is 12.1 Å². The van der Waals surface area contributed by atoms with Crippen LogP contribution in [0.1, 0.15) is 49.1 Å². The van der Waals surface area contributed by atoms with Gasteiger partial charge in [0.25, 0.3) is 0 Å². The fourth-order valence-corrected chi connectivity index (χ4v) is 5.29. The molecule has 0 spiro atoms. The van der Waals surface area contributed by atoms with Crippen LogP contribution in [0.4, 0.5) is 4.79 Å². The Hall–Kier alpha value is -3.39. The van der Waals surface area contributed by atoms with Crippen molar-refractivity contribution in [3.63, 3.8) is 0 Å². The Bertz CT molecular complexity index is 1040. The number of nitrogens with one attached hydrogen (secondary N) is 1. The van der Waals surface area contributed by atoms with Gasteiger partial charge < -0.3 is 24.8 Å². The van der Waals surface area contributed by atoms with Crippen molar-refractivity contribution in [1.82, 2.24) is 10.2 Å². The number of benzene rings is 2. The van der Waals surface area contributed by atoms with Crippen LogP contribution in [0, 0.1) is 0 Å². The van der Waals surface area contributed by atoms with Gasteiger partial charge in [-0.2, -0.15) is 0 Å². The maximum Gasteiger partial charge on any atom is 0.407 e. The molecule has 0 bridgehead atoms. The van der Waals surface area contributed by atoms with Gasteiger partial charge in [0.2, 0.25) is 5.91 Å². The van der Waals surface area contributed by atoms with Gasteiger partial charge in [-0.25, -0.2) is 9.59 Å². The highest BCUT2D eigenvalue weighted by atomic mass is 16.5. The van der Waals surface area contributed by atoms with Gasteiger partial charge in [0.15, 0.2) is 5.54 Å². The highest BCUT2D eigenvalue weighted by Crippen LogP contribution is 2.44. The number of likely N-dealkylation sites (tertiary alicyclic amines) is 1. The number of carboxylic acid groups (broad SMARTS) is 1. The third kappa shape index (κ3) is 5.03. The van der Waals surface area contributed by atoms with E-state index in [4.69, 9.17) is 9.47 Å².